The first-order valence-corrected chi connectivity index (χ1v) is 11.4. The van der Waals surface area contributed by atoms with Crippen molar-refractivity contribution in [3.8, 4) is 0 Å². The predicted molar refractivity (Wildman–Crippen MR) is 119 cm³/mol. The number of carboxylic acids is 1. The van der Waals surface area contributed by atoms with Crippen LogP contribution in [0.2, 0.25) is 10.0 Å². The summed E-state index contributed by atoms with van der Waals surface area (Å²) in [5, 5.41) is 9.66. The van der Waals surface area contributed by atoms with E-state index in [-0.39, 0.29) is 20.6 Å². The maximum absolute atomic E-state index is 13.3. The zero-order valence-corrected chi connectivity index (χ0v) is 18.7. The van der Waals surface area contributed by atoms with Gasteiger partial charge in [0.1, 0.15) is 6.54 Å². The van der Waals surface area contributed by atoms with Crippen molar-refractivity contribution in [2.75, 3.05) is 22.3 Å². The number of rotatable bonds is 6. The molecule has 0 fully saturated rings. The fraction of sp³-hybridized carbons (Fsp3) is 0.200. The Hall–Kier alpha value is -2.75. The molecule has 0 atom stereocenters. The molecule has 0 amide bonds. The second-order valence-electron chi connectivity index (χ2n) is 7.06. The molecular formula is C20H18Cl2N4O4S. The zero-order valence-electron chi connectivity index (χ0n) is 16.4. The summed E-state index contributed by atoms with van der Waals surface area (Å²) < 4.78 is 29.3. The van der Waals surface area contributed by atoms with Gasteiger partial charge in [-0.15, -0.1) is 0 Å². The molecule has 0 bridgehead atoms. The first kappa shape index (κ1) is 21.5. The Kier molecular flexibility index (Phi) is 5.59. The van der Waals surface area contributed by atoms with E-state index in [1.54, 1.807) is 24.4 Å². The van der Waals surface area contributed by atoms with Gasteiger partial charge in [-0.3, -0.25) is 9.10 Å². The van der Waals surface area contributed by atoms with E-state index >= 15 is 0 Å². The van der Waals surface area contributed by atoms with Crippen molar-refractivity contribution in [1.29, 1.82) is 0 Å². The largest absolute Gasteiger partial charge is 0.480 e. The number of fused-ring (bicyclic) bond motifs is 1. The molecule has 1 aromatic heterocycles. The van der Waals surface area contributed by atoms with E-state index in [0.717, 1.165) is 21.5 Å². The smallest absolute Gasteiger partial charge is 0.324 e. The number of benzene rings is 2. The minimum atomic E-state index is -4.22. The first-order chi connectivity index (χ1) is 14.7. The summed E-state index contributed by atoms with van der Waals surface area (Å²) >= 11 is 11.9. The van der Waals surface area contributed by atoms with Gasteiger partial charge in [-0.2, -0.15) is 0 Å². The van der Waals surface area contributed by atoms with Crippen molar-refractivity contribution in [1.82, 2.24) is 9.55 Å². The number of nitrogens with zero attached hydrogens (tertiary/aromatic N) is 4. The van der Waals surface area contributed by atoms with Gasteiger partial charge in [0.05, 0.1) is 10.6 Å². The van der Waals surface area contributed by atoms with E-state index in [9.17, 15) is 18.3 Å². The first-order valence-electron chi connectivity index (χ1n) is 9.25. The van der Waals surface area contributed by atoms with Crippen LogP contribution in [0.4, 0.5) is 17.3 Å². The molecule has 31 heavy (non-hydrogen) atoms. The van der Waals surface area contributed by atoms with E-state index in [2.05, 4.69) is 4.98 Å². The predicted octanol–water partition coefficient (Wildman–Crippen LogP) is 3.70. The van der Waals surface area contributed by atoms with Gasteiger partial charge >= 0.3 is 5.97 Å². The Morgan fingerprint density at radius 2 is 1.90 bits per heavy atom. The van der Waals surface area contributed by atoms with Crippen LogP contribution in [0, 0.1) is 0 Å². The SMILES string of the molecule is Cn1ccnc1N1CCc2cc(N(CC(=O)O)S(=O)(=O)c3cc(Cl)cc(Cl)c3)ccc21. The quantitative estimate of drug-likeness (QED) is 0.577. The summed E-state index contributed by atoms with van der Waals surface area (Å²) in [5.41, 5.74) is 2.05. The average molecular weight is 481 g/mol. The molecule has 11 heteroatoms. The highest BCUT2D eigenvalue weighted by Crippen LogP contribution is 2.37. The van der Waals surface area contributed by atoms with Crippen molar-refractivity contribution in [2.24, 2.45) is 7.05 Å². The summed E-state index contributed by atoms with van der Waals surface area (Å²) in [6, 6.07) is 8.96. The van der Waals surface area contributed by atoms with Crippen molar-refractivity contribution >= 4 is 56.5 Å². The number of hydrogen-bond acceptors (Lipinski definition) is 5. The molecule has 4 rings (SSSR count). The highest BCUT2D eigenvalue weighted by molar-refractivity contribution is 7.92. The fourth-order valence-electron chi connectivity index (χ4n) is 3.61. The molecule has 0 spiro atoms. The van der Waals surface area contributed by atoms with Crippen molar-refractivity contribution in [3.05, 3.63) is 64.4 Å². The number of sulfonamides is 1. The molecule has 0 saturated carbocycles. The van der Waals surface area contributed by atoms with E-state index < -0.39 is 22.5 Å². The fourth-order valence-corrected chi connectivity index (χ4v) is 5.74. The van der Waals surface area contributed by atoms with Crippen LogP contribution < -0.4 is 9.21 Å². The summed E-state index contributed by atoms with van der Waals surface area (Å²) in [5.74, 6) is -0.512. The van der Waals surface area contributed by atoms with Crippen LogP contribution in [0.25, 0.3) is 0 Å². The molecule has 1 aliphatic heterocycles. The van der Waals surface area contributed by atoms with Crippen LogP contribution in [0.15, 0.2) is 53.7 Å². The second kappa shape index (κ2) is 8.07. The lowest BCUT2D eigenvalue weighted by Crippen LogP contribution is -2.35. The van der Waals surface area contributed by atoms with Gasteiger partial charge in [0, 0.05) is 41.7 Å². The van der Waals surface area contributed by atoms with Gasteiger partial charge < -0.3 is 14.6 Å². The van der Waals surface area contributed by atoms with E-state index in [1.807, 2.05) is 22.7 Å². The number of halogens is 2. The third-order valence-corrected chi connectivity index (χ3v) is 7.17. The molecule has 1 N–H and O–H groups in total. The van der Waals surface area contributed by atoms with Crippen LogP contribution in [-0.2, 0) is 28.3 Å². The highest BCUT2D eigenvalue weighted by Gasteiger charge is 2.30. The van der Waals surface area contributed by atoms with Crippen LogP contribution in [0.1, 0.15) is 5.56 Å². The van der Waals surface area contributed by atoms with Gasteiger partial charge in [-0.05, 0) is 48.4 Å². The van der Waals surface area contributed by atoms with Crippen molar-refractivity contribution < 1.29 is 18.3 Å². The van der Waals surface area contributed by atoms with E-state index in [1.165, 1.54) is 18.2 Å². The summed E-state index contributed by atoms with van der Waals surface area (Å²) in [7, 11) is -2.33. The number of imidazole rings is 1. The normalized spacial score (nSPS) is 13.3. The summed E-state index contributed by atoms with van der Waals surface area (Å²) in [6.07, 6.45) is 4.22. The highest BCUT2D eigenvalue weighted by atomic mass is 35.5. The topological polar surface area (TPSA) is 95.7 Å². The lowest BCUT2D eigenvalue weighted by Gasteiger charge is -2.24. The molecule has 8 nitrogen and oxygen atoms in total. The number of aryl methyl sites for hydroxylation is 1. The van der Waals surface area contributed by atoms with Crippen LogP contribution in [0.5, 0.6) is 0 Å². The lowest BCUT2D eigenvalue weighted by atomic mass is 10.1. The van der Waals surface area contributed by atoms with Crippen LogP contribution in [-0.4, -0.2) is 42.1 Å². The van der Waals surface area contributed by atoms with Crippen LogP contribution in [0.3, 0.4) is 0 Å². The number of hydrogen-bond donors (Lipinski definition) is 1. The lowest BCUT2D eigenvalue weighted by molar-refractivity contribution is -0.135. The Labute approximate surface area is 189 Å². The third-order valence-electron chi connectivity index (χ3n) is 4.99. The maximum Gasteiger partial charge on any atom is 0.324 e. The minimum absolute atomic E-state index is 0.140. The van der Waals surface area contributed by atoms with Gasteiger partial charge in [0.2, 0.25) is 5.95 Å². The third kappa shape index (κ3) is 4.08. The number of carboxylic acid groups (broad SMARTS) is 1. The Morgan fingerprint density at radius 3 is 2.52 bits per heavy atom. The molecule has 0 unspecified atom stereocenters. The maximum atomic E-state index is 13.3. The molecular weight excluding hydrogens is 463 g/mol. The molecule has 2 aromatic carbocycles. The van der Waals surface area contributed by atoms with Crippen molar-refractivity contribution in [3.63, 3.8) is 0 Å². The molecule has 162 valence electrons. The number of anilines is 3. The van der Waals surface area contributed by atoms with Gasteiger partial charge in [-0.25, -0.2) is 13.4 Å². The Balaban J connectivity index is 1.76. The van der Waals surface area contributed by atoms with Crippen molar-refractivity contribution in [2.45, 2.75) is 11.3 Å². The molecule has 2 heterocycles. The number of aliphatic carboxylic acids is 1. The minimum Gasteiger partial charge on any atom is -0.480 e. The average Bonchev–Trinajstić information content (AvgIpc) is 3.30. The van der Waals surface area contributed by atoms with E-state index in [4.69, 9.17) is 23.2 Å². The Bertz CT molecular complexity index is 1260. The molecule has 0 saturated heterocycles. The van der Waals surface area contributed by atoms with Gasteiger partial charge in [0.25, 0.3) is 10.0 Å². The monoisotopic (exact) mass is 480 g/mol. The molecule has 3 aromatic rings. The summed E-state index contributed by atoms with van der Waals surface area (Å²) in [4.78, 5) is 17.7. The number of aromatic nitrogens is 2. The number of carbonyl (C=O) groups is 1. The zero-order chi connectivity index (χ0) is 22.3. The van der Waals surface area contributed by atoms with E-state index in [0.29, 0.717) is 13.0 Å². The van der Waals surface area contributed by atoms with Gasteiger partial charge in [-0.1, -0.05) is 23.2 Å². The molecule has 0 radical (unpaired) electrons. The second-order valence-corrected chi connectivity index (χ2v) is 9.80. The van der Waals surface area contributed by atoms with Gasteiger partial charge in [0.15, 0.2) is 0 Å². The Morgan fingerprint density at radius 1 is 1.19 bits per heavy atom. The summed E-state index contributed by atoms with van der Waals surface area (Å²) in [6.45, 7) is -0.0619. The standard InChI is InChI=1S/C20H18Cl2N4O4S/c1-24-7-5-23-20(24)25-6-4-13-8-16(2-3-18(13)25)26(12-19(27)28)31(29,30)17-10-14(21)9-15(22)11-17/h2-3,5,7-11H,4,6,12H2,1H3,(H,27,28). The molecule has 0 aliphatic carbocycles. The van der Waals surface area contributed by atoms with Crippen LogP contribution >= 0.6 is 23.2 Å². The molecule has 1 aliphatic rings.